The molecule has 10 heavy (non-hydrogen) atoms. The lowest BCUT2D eigenvalue weighted by atomic mass is 10.2. The maximum Gasteiger partial charge on any atom is 0.123 e. The van der Waals surface area contributed by atoms with Crippen molar-refractivity contribution >= 4 is 9.84 Å². The zero-order chi connectivity index (χ0) is 8.97. The highest BCUT2D eigenvalue weighted by Crippen LogP contribution is 2.19. The van der Waals surface area contributed by atoms with Gasteiger partial charge >= 0.3 is 0 Å². The molecular formula is C8H12NP. The quantitative estimate of drug-likeness (QED) is 0.480. The summed E-state index contributed by atoms with van der Waals surface area (Å²) in [5.74, 6) is 0. The van der Waals surface area contributed by atoms with Gasteiger partial charge in [0.05, 0.1) is 1.28 Å². The van der Waals surface area contributed by atoms with E-state index in [1.807, 2.05) is 18.2 Å². The highest BCUT2D eigenvalue weighted by molar-refractivity contribution is 6.92. The topological polar surface area (TPSA) is 21.9 Å². The van der Waals surface area contributed by atoms with Gasteiger partial charge in [-0.05, 0) is 5.56 Å². The summed E-state index contributed by atoms with van der Waals surface area (Å²) in [6.07, 6.45) is 0. The summed E-state index contributed by atoms with van der Waals surface area (Å²) in [5.41, 5.74) is 1.26. The third kappa shape index (κ3) is 1.56. The third-order valence-corrected chi connectivity index (χ3v) is 1.55. The van der Waals surface area contributed by atoms with Crippen LogP contribution in [0.1, 0.15) is 11.6 Å². The van der Waals surface area contributed by atoms with Crippen molar-refractivity contribution in [3.05, 3.63) is 35.9 Å². The third-order valence-electron chi connectivity index (χ3n) is 1.55. The van der Waals surface area contributed by atoms with Gasteiger partial charge in [-0.1, -0.05) is 30.3 Å². The predicted molar refractivity (Wildman–Crippen MR) is 48.3 cm³/mol. The van der Waals surface area contributed by atoms with E-state index >= 15 is 0 Å². The van der Waals surface area contributed by atoms with Crippen molar-refractivity contribution in [1.29, 1.82) is 1.28 Å². The Morgan fingerprint density at radius 2 is 2.10 bits per heavy atom. The van der Waals surface area contributed by atoms with E-state index in [2.05, 4.69) is 12.1 Å². The van der Waals surface area contributed by atoms with Gasteiger partial charge in [0, 0.05) is 12.6 Å². The Kier molecular flexibility index (Phi) is 1.66. The fraction of sp³-hybridized carbons (Fsp3) is 0.250. The first kappa shape index (κ1) is 5.29. The van der Waals surface area contributed by atoms with Crippen LogP contribution in [0.15, 0.2) is 30.3 Å². The average Bonchev–Trinajstić information content (AvgIpc) is 2.88. The Hall–Kier alpha value is -0.390. The molecule has 1 saturated heterocycles. The van der Waals surface area contributed by atoms with E-state index in [-0.39, 0.29) is 0 Å². The van der Waals surface area contributed by atoms with Gasteiger partial charge in [-0.2, -0.15) is 9.84 Å². The summed E-state index contributed by atoms with van der Waals surface area (Å²) in [5, 5.41) is 1.58. The van der Waals surface area contributed by atoms with Crippen molar-refractivity contribution in [2.24, 2.45) is 0 Å². The zero-order valence-corrected chi connectivity index (χ0v) is 6.85. The van der Waals surface area contributed by atoms with Crippen LogP contribution in [0.25, 0.3) is 0 Å². The highest BCUT2D eigenvalue weighted by Gasteiger charge is 2.20. The molecule has 1 aliphatic rings. The largest absolute Gasteiger partial charge is 0.307 e. The van der Waals surface area contributed by atoms with Gasteiger partial charge < -0.3 is 5.31 Å². The van der Waals surface area contributed by atoms with E-state index in [0.29, 0.717) is 6.04 Å². The molecule has 0 aromatic heterocycles. The molecule has 0 bridgehead atoms. The summed E-state index contributed by atoms with van der Waals surface area (Å²) in [6.45, 7) is 0.893. The molecule has 1 aromatic rings. The number of hydrogen-bond donors (Lipinski definition) is 1. The zero-order valence-electron chi connectivity index (χ0n) is 7.70. The van der Waals surface area contributed by atoms with Gasteiger partial charge in [-0.25, -0.2) is 0 Å². The Bertz CT molecular complexity index is 230. The summed E-state index contributed by atoms with van der Waals surface area (Å²) >= 11 is 0. The molecule has 54 valence electrons. The molecule has 0 spiro atoms. The lowest BCUT2D eigenvalue weighted by Gasteiger charge is -1.91. The minimum Gasteiger partial charge on any atom is -0.307 e. The van der Waals surface area contributed by atoms with Crippen LogP contribution in [0, 0.1) is 0 Å². The number of nitrogens with one attached hydrogen (secondary N) is 1. The number of benzene rings is 1. The van der Waals surface area contributed by atoms with Gasteiger partial charge in [0.2, 0.25) is 0 Å². The first-order chi connectivity index (χ1) is 5.88. The average molecular weight is 155 g/mol. The van der Waals surface area contributed by atoms with Crippen molar-refractivity contribution in [3.8, 4) is 0 Å². The SMILES string of the molecule is [2H]N1CC1c1ccccc1.[2H]P. The van der Waals surface area contributed by atoms with Crippen LogP contribution in [0.4, 0.5) is 0 Å². The van der Waals surface area contributed by atoms with E-state index in [9.17, 15) is 0 Å². The molecule has 2 rings (SSSR count). The van der Waals surface area contributed by atoms with Crippen LogP contribution in [-0.2, 0) is 0 Å². The second-order valence-corrected chi connectivity index (χ2v) is 2.29. The standard InChI is InChI=1S/C8H9N.H3P/c1-2-4-7(5-3-1)8-6-9-8;/h1-5,8-9H,6H2;1H3/i;1D/hD. The molecule has 0 saturated carbocycles. The monoisotopic (exact) mass is 155 g/mol. The molecule has 2 heteroatoms. The second kappa shape index (κ2) is 3.14. The van der Waals surface area contributed by atoms with Crippen LogP contribution in [0.5, 0.6) is 0 Å². The van der Waals surface area contributed by atoms with Crippen molar-refractivity contribution in [2.75, 3.05) is 6.54 Å². The van der Waals surface area contributed by atoms with Crippen molar-refractivity contribution in [2.45, 2.75) is 6.04 Å². The molecule has 1 aliphatic heterocycles. The van der Waals surface area contributed by atoms with E-state index in [4.69, 9.17) is 2.69 Å². The molecular weight excluding hydrogens is 141 g/mol. The molecule has 0 radical (unpaired) electrons. The molecule has 3 atom stereocenters. The molecule has 1 N–H and O–H groups in total. The highest BCUT2D eigenvalue weighted by atomic mass is 31.0. The first-order valence-electron chi connectivity index (χ1n) is 4.21. The number of rotatable bonds is 1. The molecule has 0 aliphatic carbocycles. The van der Waals surface area contributed by atoms with Crippen molar-refractivity contribution in [1.82, 2.24) is 5.31 Å². The summed E-state index contributed by atoms with van der Waals surface area (Å²) in [7, 11) is 1.67. The Morgan fingerprint density at radius 1 is 1.50 bits per heavy atom. The predicted octanol–water partition coefficient (Wildman–Crippen LogP) is 1.39. The van der Waals surface area contributed by atoms with Crippen molar-refractivity contribution in [3.63, 3.8) is 0 Å². The van der Waals surface area contributed by atoms with Crippen LogP contribution in [0.3, 0.4) is 0 Å². The first-order valence-corrected chi connectivity index (χ1v) is 3.18. The van der Waals surface area contributed by atoms with Crippen LogP contribution in [0.2, 0.25) is 1.41 Å². The van der Waals surface area contributed by atoms with Crippen molar-refractivity contribution < 1.29 is 1.41 Å². The van der Waals surface area contributed by atoms with E-state index in [1.54, 1.807) is 15.2 Å². The van der Waals surface area contributed by atoms with Crippen LogP contribution in [-0.4, -0.2) is 7.82 Å². The van der Waals surface area contributed by atoms with E-state index < -0.39 is 0 Å². The fourth-order valence-corrected chi connectivity index (χ4v) is 0.939. The van der Waals surface area contributed by atoms with Gasteiger partial charge in [-0.15, -0.1) is 0 Å². The molecule has 1 fully saturated rings. The maximum absolute atomic E-state index is 7.22. The minimum absolute atomic E-state index is 0.376. The Morgan fingerprint density at radius 3 is 2.60 bits per heavy atom. The fourth-order valence-electron chi connectivity index (χ4n) is 0.939. The smallest absolute Gasteiger partial charge is 0.123 e. The lowest BCUT2D eigenvalue weighted by Crippen LogP contribution is -1.80. The van der Waals surface area contributed by atoms with E-state index in [1.165, 1.54) is 5.56 Å². The molecule has 1 aromatic carbocycles. The molecule has 1 heterocycles. The molecule has 3 unspecified atom stereocenters. The Balaban J connectivity index is 0.000000336. The minimum atomic E-state index is 0.376. The Labute approximate surface area is 67.2 Å². The molecule has 0 amide bonds. The maximum atomic E-state index is 7.22. The lowest BCUT2D eigenvalue weighted by molar-refractivity contribution is 1.08. The van der Waals surface area contributed by atoms with Gasteiger partial charge in [0.25, 0.3) is 0 Å². The van der Waals surface area contributed by atoms with Gasteiger partial charge in [-0.3, -0.25) is 0 Å². The van der Waals surface area contributed by atoms with Crippen LogP contribution < -0.4 is 5.31 Å². The summed E-state index contributed by atoms with van der Waals surface area (Å²) in [6, 6.07) is 10.5. The summed E-state index contributed by atoms with van der Waals surface area (Å²) < 4.78 is 12.9. The molecule has 1 nitrogen and oxygen atoms in total. The van der Waals surface area contributed by atoms with Gasteiger partial charge in [0.15, 0.2) is 0 Å². The number of hydrogen-bond acceptors (Lipinski definition) is 1. The van der Waals surface area contributed by atoms with Gasteiger partial charge in [0.1, 0.15) is 1.41 Å². The summed E-state index contributed by atoms with van der Waals surface area (Å²) in [4.78, 5) is 0. The van der Waals surface area contributed by atoms with Crippen LogP contribution >= 0.6 is 9.84 Å². The normalized spacial score (nSPS) is 30.9. The second-order valence-electron chi connectivity index (χ2n) is 2.29. The van der Waals surface area contributed by atoms with E-state index in [0.717, 1.165) is 6.54 Å².